The van der Waals surface area contributed by atoms with Crippen LogP contribution in [0.4, 0.5) is 11.4 Å². The third kappa shape index (κ3) is 3.06. The second-order valence-electron chi connectivity index (χ2n) is 6.20. The molecule has 3 N–H and O–H groups in total. The van der Waals surface area contributed by atoms with Crippen molar-refractivity contribution in [2.75, 3.05) is 10.6 Å². The van der Waals surface area contributed by atoms with Gasteiger partial charge in [-0.05, 0) is 31.0 Å². The van der Waals surface area contributed by atoms with Crippen LogP contribution in [0.1, 0.15) is 23.3 Å². The number of pyridine rings is 1. The number of Topliss-reactive ketones (excluding diaryl/α,β-unsaturated/α-hetero) is 1. The van der Waals surface area contributed by atoms with E-state index >= 15 is 0 Å². The molecule has 0 radical (unpaired) electrons. The summed E-state index contributed by atoms with van der Waals surface area (Å²) < 4.78 is 0. The molecule has 1 aromatic carbocycles. The highest BCUT2D eigenvalue weighted by molar-refractivity contribution is 6.44. The van der Waals surface area contributed by atoms with E-state index in [1.807, 2.05) is 18.2 Å². The van der Waals surface area contributed by atoms with E-state index in [-0.39, 0.29) is 11.7 Å². The number of hydrogen-bond acceptors (Lipinski definition) is 4. The van der Waals surface area contributed by atoms with Gasteiger partial charge in [0.05, 0.1) is 5.69 Å². The number of rotatable bonds is 4. The lowest BCUT2D eigenvalue weighted by atomic mass is 10.1. The monoisotopic (exact) mass is 348 g/mol. The molecule has 7 nitrogen and oxygen atoms in total. The Bertz CT molecular complexity index is 1010. The quantitative estimate of drug-likeness (QED) is 0.498. The Balaban J connectivity index is 1.61. The van der Waals surface area contributed by atoms with Crippen LogP contribution in [0, 0.1) is 5.92 Å². The fourth-order valence-electron chi connectivity index (χ4n) is 2.80. The number of H-pyrrole nitrogens is 1. The number of amides is 2. The number of ketones is 1. The molecule has 0 bridgehead atoms. The van der Waals surface area contributed by atoms with Crippen molar-refractivity contribution in [3.63, 3.8) is 0 Å². The topological polar surface area (TPSA) is 104 Å². The van der Waals surface area contributed by atoms with Crippen LogP contribution >= 0.6 is 0 Å². The van der Waals surface area contributed by atoms with Crippen molar-refractivity contribution in [1.29, 1.82) is 0 Å². The summed E-state index contributed by atoms with van der Waals surface area (Å²) in [5.41, 5.74) is 1.90. The third-order valence-electron chi connectivity index (χ3n) is 4.28. The number of aromatic nitrogens is 2. The summed E-state index contributed by atoms with van der Waals surface area (Å²) in [6, 6.07) is 10.4. The lowest BCUT2D eigenvalue weighted by molar-refractivity contribution is -0.132. The maximum Gasteiger partial charge on any atom is 0.314 e. The van der Waals surface area contributed by atoms with E-state index in [1.165, 1.54) is 12.4 Å². The minimum atomic E-state index is -0.837. The number of benzene rings is 1. The number of hydrogen-bond donors (Lipinski definition) is 3. The van der Waals surface area contributed by atoms with Gasteiger partial charge in [0.2, 0.25) is 0 Å². The minimum Gasteiger partial charge on any atom is -0.350 e. The molecule has 2 aromatic heterocycles. The zero-order chi connectivity index (χ0) is 18.1. The molecular weight excluding hydrogens is 332 g/mol. The molecule has 3 aromatic rings. The summed E-state index contributed by atoms with van der Waals surface area (Å²) in [5.74, 6) is -1.70. The van der Waals surface area contributed by atoms with E-state index < -0.39 is 11.8 Å². The molecule has 0 atom stereocenters. The second-order valence-corrected chi connectivity index (χ2v) is 6.20. The van der Waals surface area contributed by atoms with Gasteiger partial charge in [-0.3, -0.25) is 19.4 Å². The lowest BCUT2D eigenvalue weighted by Gasteiger charge is -2.07. The van der Waals surface area contributed by atoms with Gasteiger partial charge in [0.25, 0.3) is 0 Å². The molecule has 0 unspecified atom stereocenters. The largest absolute Gasteiger partial charge is 0.350 e. The minimum absolute atomic E-state index is 0.00985. The summed E-state index contributed by atoms with van der Waals surface area (Å²) in [6.07, 6.45) is 4.73. The average Bonchev–Trinajstić information content (AvgIpc) is 3.45. The van der Waals surface area contributed by atoms with Crippen LogP contribution in [0.15, 0.2) is 48.8 Å². The van der Waals surface area contributed by atoms with Crippen molar-refractivity contribution in [3.8, 4) is 0 Å². The zero-order valence-electron chi connectivity index (χ0n) is 13.8. The van der Waals surface area contributed by atoms with Gasteiger partial charge in [0.15, 0.2) is 5.78 Å². The van der Waals surface area contributed by atoms with Crippen molar-refractivity contribution in [1.82, 2.24) is 9.97 Å². The summed E-state index contributed by atoms with van der Waals surface area (Å²) in [4.78, 5) is 44.0. The van der Waals surface area contributed by atoms with Crippen LogP contribution in [0.2, 0.25) is 0 Å². The van der Waals surface area contributed by atoms with Gasteiger partial charge in [-0.2, -0.15) is 0 Å². The molecular formula is C19H16N4O3. The first-order chi connectivity index (χ1) is 12.6. The Morgan fingerprint density at radius 3 is 2.38 bits per heavy atom. The number of nitrogens with zero attached hydrogens (tertiary/aromatic N) is 1. The van der Waals surface area contributed by atoms with Crippen LogP contribution < -0.4 is 10.6 Å². The van der Waals surface area contributed by atoms with Crippen LogP contribution in [0.5, 0.6) is 0 Å². The van der Waals surface area contributed by atoms with Gasteiger partial charge < -0.3 is 15.6 Å². The van der Waals surface area contributed by atoms with Crippen molar-refractivity contribution in [2.45, 2.75) is 12.8 Å². The highest BCUT2D eigenvalue weighted by atomic mass is 16.2. The van der Waals surface area contributed by atoms with E-state index in [2.05, 4.69) is 20.6 Å². The van der Waals surface area contributed by atoms with Gasteiger partial charge in [-0.1, -0.05) is 18.2 Å². The Kier molecular flexibility index (Phi) is 3.96. The highest BCUT2D eigenvalue weighted by Gasteiger charge is 2.34. The van der Waals surface area contributed by atoms with Gasteiger partial charge in [0.1, 0.15) is 5.69 Å². The number of fused-ring (bicyclic) bond motifs is 1. The summed E-state index contributed by atoms with van der Waals surface area (Å²) in [6.45, 7) is 0. The fourth-order valence-corrected chi connectivity index (χ4v) is 2.80. The Labute approximate surface area is 148 Å². The van der Waals surface area contributed by atoms with E-state index in [0.717, 1.165) is 18.4 Å². The maximum absolute atomic E-state index is 12.5. The molecule has 130 valence electrons. The van der Waals surface area contributed by atoms with Crippen LogP contribution in [-0.2, 0) is 9.59 Å². The lowest BCUT2D eigenvalue weighted by Crippen LogP contribution is -2.29. The molecule has 1 aliphatic carbocycles. The van der Waals surface area contributed by atoms with Gasteiger partial charge in [0, 0.05) is 34.9 Å². The number of para-hydroxylation sites is 1. The third-order valence-corrected chi connectivity index (χ3v) is 4.28. The zero-order valence-corrected chi connectivity index (χ0v) is 13.8. The van der Waals surface area contributed by atoms with E-state index in [9.17, 15) is 14.4 Å². The van der Waals surface area contributed by atoms with Crippen LogP contribution in [-0.4, -0.2) is 27.6 Å². The second kappa shape index (κ2) is 6.44. The summed E-state index contributed by atoms with van der Waals surface area (Å²) >= 11 is 0. The van der Waals surface area contributed by atoms with E-state index in [0.29, 0.717) is 22.5 Å². The SMILES string of the molecule is O=C(Nc1ccncc1)C(=O)Nc1c(C(=O)C2CC2)[nH]c2ccccc12. The molecule has 0 aliphatic heterocycles. The predicted molar refractivity (Wildman–Crippen MR) is 96.8 cm³/mol. The first-order valence-electron chi connectivity index (χ1n) is 8.31. The highest BCUT2D eigenvalue weighted by Crippen LogP contribution is 2.37. The number of carbonyl (C=O) groups excluding carboxylic acids is 3. The van der Waals surface area contributed by atoms with Crippen LogP contribution in [0.25, 0.3) is 10.9 Å². The molecule has 0 saturated heterocycles. The molecule has 1 fully saturated rings. The first-order valence-corrected chi connectivity index (χ1v) is 8.31. The van der Waals surface area contributed by atoms with E-state index in [4.69, 9.17) is 0 Å². The molecule has 0 spiro atoms. The number of carbonyl (C=O) groups is 3. The first kappa shape index (κ1) is 16.0. The average molecular weight is 348 g/mol. The molecule has 1 aliphatic rings. The van der Waals surface area contributed by atoms with Gasteiger partial charge >= 0.3 is 11.8 Å². The van der Waals surface area contributed by atoms with Crippen LogP contribution in [0.3, 0.4) is 0 Å². The van der Waals surface area contributed by atoms with Crippen molar-refractivity contribution < 1.29 is 14.4 Å². The van der Waals surface area contributed by atoms with E-state index in [1.54, 1.807) is 18.2 Å². The molecule has 2 heterocycles. The number of aromatic amines is 1. The number of nitrogens with one attached hydrogen (secondary N) is 3. The Morgan fingerprint density at radius 1 is 0.962 bits per heavy atom. The molecule has 4 rings (SSSR count). The smallest absolute Gasteiger partial charge is 0.314 e. The predicted octanol–water partition coefficient (Wildman–Crippen LogP) is 2.73. The standard InChI is InChI=1S/C19H16N4O3/c24-17(11-5-6-11)16-15(13-3-1-2-4-14(13)22-16)23-19(26)18(25)21-12-7-9-20-10-8-12/h1-4,7-11,22H,5-6H2,(H,23,26)(H,20,21,25). The molecule has 2 amide bonds. The molecule has 1 saturated carbocycles. The number of anilines is 2. The van der Waals surface area contributed by atoms with Gasteiger partial charge in [-0.15, -0.1) is 0 Å². The molecule has 26 heavy (non-hydrogen) atoms. The maximum atomic E-state index is 12.5. The van der Waals surface area contributed by atoms with Gasteiger partial charge in [-0.25, -0.2) is 0 Å². The van der Waals surface area contributed by atoms with Crippen molar-refractivity contribution in [2.24, 2.45) is 5.92 Å². The fraction of sp³-hybridized carbons (Fsp3) is 0.158. The summed E-state index contributed by atoms with van der Waals surface area (Å²) in [7, 11) is 0. The Morgan fingerprint density at radius 2 is 1.65 bits per heavy atom. The normalized spacial score (nSPS) is 13.4. The van der Waals surface area contributed by atoms with Crippen molar-refractivity contribution in [3.05, 3.63) is 54.5 Å². The van der Waals surface area contributed by atoms with Crippen molar-refractivity contribution >= 4 is 39.9 Å². The summed E-state index contributed by atoms with van der Waals surface area (Å²) in [5, 5.41) is 5.79. The Hall–Kier alpha value is -3.48. The molecule has 7 heteroatoms.